The summed E-state index contributed by atoms with van der Waals surface area (Å²) in [5, 5.41) is 0. The Morgan fingerprint density at radius 3 is 2.38 bits per heavy atom. The molecule has 3 nitrogen and oxygen atoms in total. The molecule has 88 valence electrons. The molecule has 0 aliphatic heterocycles. The molecular weight excluding hydrogens is 270 g/mol. The third-order valence-electron chi connectivity index (χ3n) is 3.07. The van der Waals surface area contributed by atoms with E-state index in [1.807, 2.05) is 13.0 Å². The minimum absolute atomic E-state index is 0.247. The third-order valence-corrected chi connectivity index (χ3v) is 4.10. The second-order valence-corrected chi connectivity index (χ2v) is 5.07. The lowest BCUT2D eigenvalue weighted by molar-refractivity contribution is 0.348. The summed E-state index contributed by atoms with van der Waals surface area (Å²) in [6, 6.07) is 1.96. The molecule has 0 heterocycles. The van der Waals surface area contributed by atoms with E-state index in [4.69, 9.17) is 15.2 Å². The van der Waals surface area contributed by atoms with E-state index in [9.17, 15) is 0 Å². The number of halogens is 1. The van der Waals surface area contributed by atoms with E-state index in [2.05, 4.69) is 15.9 Å². The van der Waals surface area contributed by atoms with Crippen LogP contribution in [0.1, 0.15) is 24.0 Å². The smallest absolute Gasteiger partial charge is 0.166 e. The minimum atomic E-state index is -0.247. The molecule has 1 aliphatic rings. The van der Waals surface area contributed by atoms with Gasteiger partial charge in [-0.3, -0.25) is 0 Å². The third kappa shape index (κ3) is 1.70. The van der Waals surface area contributed by atoms with Gasteiger partial charge in [0.25, 0.3) is 0 Å². The van der Waals surface area contributed by atoms with Crippen LogP contribution in [0.5, 0.6) is 11.5 Å². The fraction of sp³-hybridized carbons (Fsp3) is 0.500. The lowest BCUT2D eigenvalue weighted by atomic mass is 10.0. The monoisotopic (exact) mass is 285 g/mol. The molecule has 1 fully saturated rings. The second kappa shape index (κ2) is 3.93. The van der Waals surface area contributed by atoms with Crippen LogP contribution in [-0.4, -0.2) is 14.2 Å². The molecule has 0 aromatic heterocycles. The minimum Gasteiger partial charge on any atom is -0.493 e. The number of ether oxygens (including phenoxy) is 2. The fourth-order valence-electron chi connectivity index (χ4n) is 1.93. The van der Waals surface area contributed by atoms with Crippen LogP contribution >= 0.6 is 15.9 Å². The number of rotatable bonds is 3. The first kappa shape index (κ1) is 11.7. The Kier molecular flexibility index (Phi) is 2.88. The zero-order valence-corrected chi connectivity index (χ0v) is 11.3. The maximum absolute atomic E-state index is 6.27. The molecule has 0 saturated heterocycles. The Hall–Kier alpha value is -0.740. The van der Waals surface area contributed by atoms with Crippen molar-refractivity contribution < 1.29 is 9.47 Å². The zero-order valence-electron chi connectivity index (χ0n) is 9.76. The molecule has 16 heavy (non-hydrogen) atoms. The summed E-state index contributed by atoms with van der Waals surface area (Å²) >= 11 is 3.60. The molecule has 0 spiro atoms. The first-order valence-electron chi connectivity index (χ1n) is 5.24. The second-order valence-electron chi connectivity index (χ2n) is 4.27. The van der Waals surface area contributed by atoms with Gasteiger partial charge in [-0.05, 0) is 31.4 Å². The standard InChI is InChI=1S/C12H16BrNO2/c1-7-6-8(15-2)11(16-3)9(10(7)13)12(14)4-5-12/h6H,4-5,14H2,1-3H3. The summed E-state index contributed by atoms with van der Waals surface area (Å²) in [7, 11) is 3.29. The zero-order chi connectivity index (χ0) is 11.9. The predicted octanol–water partition coefficient (Wildman–Crippen LogP) is 2.72. The topological polar surface area (TPSA) is 44.5 Å². The van der Waals surface area contributed by atoms with Gasteiger partial charge in [-0.15, -0.1) is 0 Å². The SMILES string of the molecule is COc1cc(C)c(Br)c(C2(N)CC2)c1OC. The van der Waals surface area contributed by atoms with Gasteiger partial charge in [0.2, 0.25) is 0 Å². The Morgan fingerprint density at radius 1 is 1.31 bits per heavy atom. The van der Waals surface area contributed by atoms with Gasteiger partial charge >= 0.3 is 0 Å². The molecular formula is C12H16BrNO2. The van der Waals surface area contributed by atoms with E-state index in [1.54, 1.807) is 14.2 Å². The van der Waals surface area contributed by atoms with Crippen LogP contribution in [0.3, 0.4) is 0 Å². The van der Waals surface area contributed by atoms with Crippen LogP contribution in [0.4, 0.5) is 0 Å². The highest BCUT2D eigenvalue weighted by atomic mass is 79.9. The summed E-state index contributed by atoms with van der Waals surface area (Å²) in [6.07, 6.45) is 1.99. The molecule has 0 bridgehead atoms. The normalized spacial score (nSPS) is 17.1. The Balaban J connectivity index is 2.67. The van der Waals surface area contributed by atoms with Crippen molar-refractivity contribution in [3.63, 3.8) is 0 Å². The number of methoxy groups -OCH3 is 2. The summed E-state index contributed by atoms with van der Waals surface area (Å²) < 4.78 is 11.8. The largest absolute Gasteiger partial charge is 0.493 e. The molecule has 4 heteroatoms. The van der Waals surface area contributed by atoms with Crippen LogP contribution in [0, 0.1) is 6.92 Å². The van der Waals surface area contributed by atoms with Crippen molar-refractivity contribution in [2.24, 2.45) is 5.73 Å². The quantitative estimate of drug-likeness (QED) is 0.929. The van der Waals surface area contributed by atoms with Gasteiger partial charge in [0, 0.05) is 15.6 Å². The average Bonchev–Trinajstić information content (AvgIpc) is 3.00. The Bertz CT molecular complexity index is 428. The van der Waals surface area contributed by atoms with Crippen LogP contribution < -0.4 is 15.2 Å². The van der Waals surface area contributed by atoms with Crippen molar-refractivity contribution in [2.45, 2.75) is 25.3 Å². The lowest BCUT2D eigenvalue weighted by Gasteiger charge is -2.20. The van der Waals surface area contributed by atoms with E-state index in [1.165, 1.54) is 0 Å². The highest BCUT2D eigenvalue weighted by Crippen LogP contribution is 2.52. The molecule has 1 aromatic carbocycles. The average molecular weight is 286 g/mol. The van der Waals surface area contributed by atoms with Crippen molar-refractivity contribution in [3.8, 4) is 11.5 Å². The van der Waals surface area contributed by atoms with Crippen molar-refractivity contribution in [2.75, 3.05) is 14.2 Å². The molecule has 1 saturated carbocycles. The van der Waals surface area contributed by atoms with Crippen molar-refractivity contribution >= 4 is 15.9 Å². The Labute approximate surface area is 104 Å². The van der Waals surface area contributed by atoms with Crippen LogP contribution in [0.15, 0.2) is 10.5 Å². The van der Waals surface area contributed by atoms with Gasteiger partial charge in [-0.2, -0.15) is 0 Å². The maximum Gasteiger partial charge on any atom is 0.166 e. The van der Waals surface area contributed by atoms with Gasteiger partial charge in [0.05, 0.1) is 14.2 Å². The summed E-state index contributed by atoms with van der Waals surface area (Å²) in [5.74, 6) is 1.50. The maximum atomic E-state index is 6.27. The first-order valence-corrected chi connectivity index (χ1v) is 6.03. The van der Waals surface area contributed by atoms with E-state index in [0.29, 0.717) is 0 Å². The molecule has 0 unspecified atom stereocenters. The van der Waals surface area contributed by atoms with Gasteiger partial charge in [-0.25, -0.2) is 0 Å². The molecule has 0 atom stereocenters. The first-order chi connectivity index (χ1) is 7.53. The molecule has 2 rings (SSSR count). The van der Waals surface area contributed by atoms with Gasteiger partial charge < -0.3 is 15.2 Å². The van der Waals surface area contributed by atoms with Crippen molar-refractivity contribution in [1.82, 2.24) is 0 Å². The molecule has 1 aromatic rings. The van der Waals surface area contributed by atoms with E-state index in [-0.39, 0.29) is 5.54 Å². The number of hydrogen-bond acceptors (Lipinski definition) is 3. The highest BCUT2D eigenvalue weighted by Gasteiger charge is 2.44. The number of benzene rings is 1. The van der Waals surface area contributed by atoms with E-state index < -0.39 is 0 Å². The van der Waals surface area contributed by atoms with Crippen LogP contribution in [0.25, 0.3) is 0 Å². The molecule has 0 radical (unpaired) electrons. The summed E-state index contributed by atoms with van der Waals surface area (Å²) in [5.41, 5.74) is 8.17. The molecule has 0 amide bonds. The van der Waals surface area contributed by atoms with Crippen LogP contribution in [-0.2, 0) is 5.54 Å². The van der Waals surface area contributed by atoms with Crippen molar-refractivity contribution in [3.05, 3.63) is 21.7 Å². The van der Waals surface area contributed by atoms with Gasteiger partial charge in [0.15, 0.2) is 11.5 Å². The van der Waals surface area contributed by atoms with Gasteiger partial charge in [-0.1, -0.05) is 15.9 Å². The summed E-state index contributed by atoms with van der Waals surface area (Å²) in [6.45, 7) is 2.03. The van der Waals surface area contributed by atoms with Crippen molar-refractivity contribution in [1.29, 1.82) is 0 Å². The molecule has 2 N–H and O–H groups in total. The fourth-order valence-corrected chi connectivity index (χ4v) is 2.62. The van der Waals surface area contributed by atoms with E-state index in [0.717, 1.165) is 39.9 Å². The number of nitrogens with two attached hydrogens (primary N) is 1. The Morgan fingerprint density at radius 2 is 1.94 bits per heavy atom. The molecule has 1 aliphatic carbocycles. The predicted molar refractivity (Wildman–Crippen MR) is 67.1 cm³/mol. The highest BCUT2D eigenvalue weighted by molar-refractivity contribution is 9.10. The number of aryl methyl sites for hydroxylation is 1. The van der Waals surface area contributed by atoms with Crippen LogP contribution in [0.2, 0.25) is 0 Å². The summed E-state index contributed by atoms with van der Waals surface area (Å²) in [4.78, 5) is 0. The van der Waals surface area contributed by atoms with Gasteiger partial charge in [0.1, 0.15) is 0 Å². The lowest BCUT2D eigenvalue weighted by Crippen LogP contribution is -2.21. The van der Waals surface area contributed by atoms with E-state index >= 15 is 0 Å². The number of hydrogen-bond donors (Lipinski definition) is 1.